The Bertz CT molecular complexity index is 1190. The van der Waals surface area contributed by atoms with E-state index >= 15 is 0 Å². The highest BCUT2D eigenvalue weighted by atomic mass is 19.2. The number of benzene rings is 3. The van der Waals surface area contributed by atoms with E-state index in [0.717, 1.165) is 5.56 Å². The molecule has 1 saturated heterocycles. The van der Waals surface area contributed by atoms with Crippen molar-refractivity contribution in [2.75, 3.05) is 19.7 Å². The molecule has 2 radical (unpaired) electrons. The molecule has 1 aliphatic heterocycles. The summed E-state index contributed by atoms with van der Waals surface area (Å²) in [7, 11) is 5.23. The van der Waals surface area contributed by atoms with Crippen LogP contribution in [0, 0.1) is 23.4 Å². The monoisotopic (exact) mass is 462 g/mol. The fourth-order valence-corrected chi connectivity index (χ4v) is 3.66. The molecular weight excluding hydrogens is 440 g/mol. The third-order valence-electron chi connectivity index (χ3n) is 5.50. The first-order chi connectivity index (χ1) is 16.5. The standard InChI is InChI=1S/C27H22BF3O3/c1-2-25-32-14-17(15-33-25)3-4-20-9-10-21(13-23(20)29)18-5-7-19(8-6-18)22-11-12-24(34-16-28)27(31)26(22)30/h2-13,17,25H,1,14-16H2/b4-3+. The van der Waals surface area contributed by atoms with Gasteiger partial charge in [0.1, 0.15) is 13.7 Å². The topological polar surface area (TPSA) is 27.7 Å². The summed E-state index contributed by atoms with van der Waals surface area (Å²) in [4.78, 5) is 0. The molecule has 1 aliphatic rings. The van der Waals surface area contributed by atoms with Gasteiger partial charge >= 0.3 is 0 Å². The summed E-state index contributed by atoms with van der Waals surface area (Å²) < 4.78 is 59.1. The highest BCUT2D eigenvalue weighted by Gasteiger charge is 2.18. The molecule has 0 saturated carbocycles. The van der Waals surface area contributed by atoms with Gasteiger partial charge in [0.2, 0.25) is 5.82 Å². The van der Waals surface area contributed by atoms with Gasteiger partial charge in [0.05, 0.1) is 13.2 Å². The van der Waals surface area contributed by atoms with Gasteiger partial charge in [0.15, 0.2) is 17.9 Å². The molecule has 3 nitrogen and oxygen atoms in total. The van der Waals surface area contributed by atoms with Gasteiger partial charge < -0.3 is 14.2 Å². The van der Waals surface area contributed by atoms with Crippen LogP contribution in [0.1, 0.15) is 5.56 Å². The molecule has 0 N–H and O–H groups in total. The van der Waals surface area contributed by atoms with Gasteiger partial charge in [-0.3, -0.25) is 0 Å². The maximum Gasteiger partial charge on any atom is 0.201 e. The summed E-state index contributed by atoms with van der Waals surface area (Å²) in [6.45, 7) is 4.33. The Morgan fingerprint density at radius 2 is 1.59 bits per heavy atom. The zero-order valence-electron chi connectivity index (χ0n) is 18.3. The van der Waals surface area contributed by atoms with Crippen molar-refractivity contribution in [1.82, 2.24) is 0 Å². The van der Waals surface area contributed by atoms with Crippen molar-refractivity contribution in [3.8, 4) is 28.0 Å². The third kappa shape index (κ3) is 5.27. The summed E-state index contributed by atoms with van der Waals surface area (Å²) >= 11 is 0. The van der Waals surface area contributed by atoms with Crippen molar-refractivity contribution in [3.63, 3.8) is 0 Å². The van der Waals surface area contributed by atoms with Gasteiger partial charge in [-0.05, 0) is 41.0 Å². The van der Waals surface area contributed by atoms with Crippen LogP contribution in [0.5, 0.6) is 5.75 Å². The zero-order chi connectivity index (χ0) is 24.1. The Hall–Kier alpha value is -3.29. The van der Waals surface area contributed by atoms with Gasteiger partial charge in [-0.25, -0.2) is 8.78 Å². The Morgan fingerprint density at radius 3 is 2.24 bits per heavy atom. The van der Waals surface area contributed by atoms with Gasteiger partial charge in [0, 0.05) is 23.6 Å². The number of rotatable bonds is 7. The van der Waals surface area contributed by atoms with E-state index in [1.165, 1.54) is 18.2 Å². The molecule has 172 valence electrons. The normalized spacial score (nSPS) is 18.2. The summed E-state index contributed by atoms with van der Waals surface area (Å²) in [5.74, 6) is -2.69. The van der Waals surface area contributed by atoms with E-state index in [1.807, 2.05) is 6.08 Å². The van der Waals surface area contributed by atoms with Crippen LogP contribution in [0.15, 0.2) is 73.3 Å². The largest absolute Gasteiger partial charge is 0.500 e. The fourth-order valence-electron chi connectivity index (χ4n) is 3.66. The average Bonchev–Trinajstić information content (AvgIpc) is 2.87. The van der Waals surface area contributed by atoms with E-state index in [4.69, 9.17) is 22.1 Å². The Morgan fingerprint density at radius 1 is 0.912 bits per heavy atom. The molecule has 0 bridgehead atoms. The zero-order valence-corrected chi connectivity index (χ0v) is 18.3. The molecule has 0 aromatic heterocycles. The number of hydrogen-bond donors (Lipinski definition) is 0. The van der Waals surface area contributed by atoms with E-state index in [9.17, 15) is 13.2 Å². The van der Waals surface area contributed by atoms with Gasteiger partial charge in [-0.2, -0.15) is 4.39 Å². The second-order valence-corrected chi connectivity index (χ2v) is 7.75. The number of halogens is 3. The second-order valence-electron chi connectivity index (χ2n) is 7.75. The molecule has 0 atom stereocenters. The van der Waals surface area contributed by atoms with Gasteiger partial charge in [0.25, 0.3) is 0 Å². The summed E-state index contributed by atoms with van der Waals surface area (Å²) in [5, 5.41) is 0. The summed E-state index contributed by atoms with van der Waals surface area (Å²) in [5.41, 5.74) is 2.43. The summed E-state index contributed by atoms with van der Waals surface area (Å²) in [6.07, 6.45) is 4.77. The highest BCUT2D eigenvalue weighted by Crippen LogP contribution is 2.32. The SMILES string of the molecule is [B]COc1ccc(-c2ccc(-c3ccc(/C=C/C4COC(C=C)OC4)c(F)c3)cc2)c(F)c1F. The van der Waals surface area contributed by atoms with Crippen molar-refractivity contribution in [3.05, 3.63) is 96.3 Å². The van der Waals surface area contributed by atoms with Crippen LogP contribution >= 0.6 is 0 Å². The van der Waals surface area contributed by atoms with Gasteiger partial charge in [-0.15, -0.1) is 0 Å². The van der Waals surface area contributed by atoms with E-state index in [0.29, 0.717) is 29.9 Å². The lowest BCUT2D eigenvalue weighted by Crippen LogP contribution is -2.29. The average molecular weight is 462 g/mol. The molecule has 0 amide bonds. The van der Waals surface area contributed by atoms with E-state index in [-0.39, 0.29) is 29.6 Å². The second kappa shape index (κ2) is 10.8. The molecule has 3 aromatic rings. The Labute approximate surface area is 197 Å². The van der Waals surface area contributed by atoms with Crippen molar-refractivity contribution in [2.45, 2.75) is 6.29 Å². The Kier molecular flexibility index (Phi) is 7.55. The van der Waals surface area contributed by atoms with Crippen LogP contribution in [-0.4, -0.2) is 33.9 Å². The molecule has 0 unspecified atom stereocenters. The van der Waals surface area contributed by atoms with Crippen LogP contribution in [-0.2, 0) is 9.47 Å². The quantitative estimate of drug-likeness (QED) is 0.312. The predicted molar refractivity (Wildman–Crippen MR) is 127 cm³/mol. The minimum atomic E-state index is -1.09. The minimum Gasteiger partial charge on any atom is -0.500 e. The van der Waals surface area contributed by atoms with Crippen LogP contribution in [0.3, 0.4) is 0 Å². The number of ether oxygens (including phenoxy) is 3. The first-order valence-corrected chi connectivity index (χ1v) is 10.8. The van der Waals surface area contributed by atoms with Crippen molar-refractivity contribution in [1.29, 1.82) is 0 Å². The smallest absolute Gasteiger partial charge is 0.201 e. The van der Waals surface area contributed by atoms with Crippen LogP contribution in [0.4, 0.5) is 13.2 Å². The summed E-state index contributed by atoms with van der Waals surface area (Å²) in [6, 6.07) is 14.5. The number of hydrogen-bond acceptors (Lipinski definition) is 3. The van der Waals surface area contributed by atoms with Crippen molar-refractivity contribution >= 4 is 13.9 Å². The molecule has 34 heavy (non-hydrogen) atoms. The third-order valence-corrected chi connectivity index (χ3v) is 5.50. The molecule has 0 spiro atoms. The van der Waals surface area contributed by atoms with E-state index in [2.05, 4.69) is 6.58 Å². The lowest BCUT2D eigenvalue weighted by molar-refractivity contribution is -0.165. The maximum atomic E-state index is 14.7. The van der Waals surface area contributed by atoms with E-state index < -0.39 is 17.9 Å². The molecule has 0 aliphatic carbocycles. The predicted octanol–water partition coefficient (Wildman–Crippen LogP) is 6.13. The van der Waals surface area contributed by atoms with Crippen LogP contribution < -0.4 is 4.74 Å². The molecular formula is C27H22BF3O3. The molecule has 3 aromatic carbocycles. The van der Waals surface area contributed by atoms with Gasteiger partial charge in [-0.1, -0.05) is 55.1 Å². The lowest BCUT2D eigenvalue weighted by atomic mass is 9.98. The Balaban J connectivity index is 1.48. The first-order valence-electron chi connectivity index (χ1n) is 10.8. The minimum absolute atomic E-state index is 0.0315. The fraction of sp³-hybridized carbons (Fsp3) is 0.185. The molecule has 1 heterocycles. The van der Waals surface area contributed by atoms with Crippen LogP contribution in [0.2, 0.25) is 0 Å². The molecule has 1 fully saturated rings. The maximum absolute atomic E-state index is 14.7. The lowest BCUT2D eigenvalue weighted by Gasteiger charge is -2.25. The van der Waals surface area contributed by atoms with Crippen LogP contribution in [0.25, 0.3) is 28.3 Å². The van der Waals surface area contributed by atoms with Crippen molar-refractivity contribution < 1.29 is 27.4 Å². The van der Waals surface area contributed by atoms with Crippen molar-refractivity contribution in [2.24, 2.45) is 5.92 Å². The van der Waals surface area contributed by atoms with E-state index in [1.54, 1.807) is 48.6 Å². The molecule has 4 rings (SSSR count). The molecule has 7 heteroatoms. The highest BCUT2D eigenvalue weighted by molar-refractivity contribution is 6.08. The first kappa shape index (κ1) is 23.9.